The van der Waals surface area contributed by atoms with Crippen LogP contribution in [0.4, 0.5) is 11.8 Å². The summed E-state index contributed by atoms with van der Waals surface area (Å²) in [6, 6.07) is 5.41. The Balaban J connectivity index is 1.55. The Morgan fingerprint density at radius 1 is 1.27 bits per heavy atom. The second-order valence-corrected chi connectivity index (χ2v) is 4.92. The summed E-state index contributed by atoms with van der Waals surface area (Å²) in [6.45, 7) is 5.32. The van der Waals surface area contributed by atoms with Gasteiger partial charge < -0.3 is 10.1 Å². The average molecular weight is 299 g/mol. The summed E-state index contributed by atoms with van der Waals surface area (Å²) in [5, 5.41) is 16.3. The van der Waals surface area contributed by atoms with E-state index >= 15 is 0 Å². The lowest BCUT2D eigenvalue weighted by Gasteiger charge is -2.26. The molecule has 0 spiro atoms. The van der Waals surface area contributed by atoms with Gasteiger partial charge in [-0.2, -0.15) is 10.4 Å². The molecule has 3 rings (SSSR count). The lowest BCUT2D eigenvalue weighted by Crippen LogP contribution is -2.38. The van der Waals surface area contributed by atoms with Crippen molar-refractivity contribution in [2.24, 2.45) is 0 Å². The van der Waals surface area contributed by atoms with Gasteiger partial charge in [0, 0.05) is 38.1 Å². The van der Waals surface area contributed by atoms with E-state index in [1.54, 1.807) is 12.3 Å². The summed E-state index contributed by atoms with van der Waals surface area (Å²) < 4.78 is 7.21. The molecule has 0 aromatic carbocycles. The number of rotatable bonds is 5. The number of ether oxygens (including phenoxy) is 1. The van der Waals surface area contributed by atoms with Gasteiger partial charge in [-0.25, -0.2) is 9.97 Å². The minimum atomic E-state index is 0.323. The predicted molar refractivity (Wildman–Crippen MR) is 79.5 cm³/mol. The number of morpholine rings is 1. The number of hydrogen-bond donors (Lipinski definition) is 1. The van der Waals surface area contributed by atoms with E-state index in [0.717, 1.165) is 39.4 Å². The zero-order valence-corrected chi connectivity index (χ0v) is 12.1. The third-order valence-corrected chi connectivity index (χ3v) is 3.40. The summed E-state index contributed by atoms with van der Waals surface area (Å²) in [4.78, 5) is 10.5. The molecule has 0 unspecified atom stereocenters. The molecule has 8 heteroatoms. The van der Waals surface area contributed by atoms with Crippen LogP contribution in [0.5, 0.6) is 0 Å². The summed E-state index contributed by atoms with van der Waals surface area (Å²) in [6.07, 6.45) is 3.46. The Hall–Kier alpha value is -2.50. The fourth-order valence-corrected chi connectivity index (χ4v) is 2.22. The van der Waals surface area contributed by atoms with Gasteiger partial charge in [-0.1, -0.05) is 0 Å². The van der Waals surface area contributed by atoms with E-state index in [-0.39, 0.29) is 0 Å². The standard InChI is InChI=1S/C14H17N7O/c15-11-12-1-3-16-14(17-12)18-13-2-4-21(19-13)6-5-20-7-9-22-10-8-20/h1-4H,5-10H2,(H,16,17,18,19). The Morgan fingerprint density at radius 3 is 2.95 bits per heavy atom. The molecular formula is C14H17N7O. The van der Waals surface area contributed by atoms with Gasteiger partial charge in [-0.3, -0.25) is 9.58 Å². The largest absolute Gasteiger partial charge is 0.379 e. The fourth-order valence-electron chi connectivity index (χ4n) is 2.22. The van der Waals surface area contributed by atoms with Gasteiger partial charge in [0.05, 0.1) is 19.8 Å². The Bertz CT molecular complexity index is 657. The third-order valence-electron chi connectivity index (χ3n) is 3.40. The summed E-state index contributed by atoms with van der Waals surface area (Å²) >= 11 is 0. The van der Waals surface area contributed by atoms with Crippen molar-refractivity contribution in [1.29, 1.82) is 5.26 Å². The van der Waals surface area contributed by atoms with Crippen LogP contribution in [0.2, 0.25) is 0 Å². The maximum absolute atomic E-state index is 8.82. The number of nitrogens with zero attached hydrogens (tertiary/aromatic N) is 6. The molecular weight excluding hydrogens is 282 g/mol. The van der Waals surface area contributed by atoms with Crippen LogP contribution in [0.15, 0.2) is 24.5 Å². The van der Waals surface area contributed by atoms with Gasteiger partial charge in [0.1, 0.15) is 11.8 Å². The molecule has 2 aromatic rings. The highest BCUT2D eigenvalue weighted by Gasteiger charge is 2.10. The summed E-state index contributed by atoms with van der Waals surface area (Å²) in [7, 11) is 0. The Labute approximate surface area is 128 Å². The molecule has 0 radical (unpaired) electrons. The van der Waals surface area contributed by atoms with Gasteiger partial charge in [0.2, 0.25) is 5.95 Å². The van der Waals surface area contributed by atoms with Crippen LogP contribution in [-0.2, 0) is 11.3 Å². The van der Waals surface area contributed by atoms with E-state index in [9.17, 15) is 0 Å². The fraction of sp³-hybridized carbons (Fsp3) is 0.429. The molecule has 0 aliphatic carbocycles. The van der Waals surface area contributed by atoms with Gasteiger partial charge in [0.25, 0.3) is 0 Å². The van der Waals surface area contributed by atoms with Crippen molar-refractivity contribution in [3.05, 3.63) is 30.2 Å². The van der Waals surface area contributed by atoms with E-state index in [2.05, 4.69) is 25.3 Å². The summed E-state index contributed by atoms with van der Waals surface area (Å²) in [5.74, 6) is 1.04. The lowest BCUT2D eigenvalue weighted by atomic mass is 10.4. The molecule has 0 saturated carbocycles. The van der Waals surface area contributed by atoms with E-state index in [4.69, 9.17) is 10.00 Å². The van der Waals surface area contributed by atoms with Crippen LogP contribution in [0.3, 0.4) is 0 Å². The van der Waals surface area contributed by atoms with Crippen molar-refractivity contribution in [2.45, 2.75) is 6.54 Å². The monoisotopic (exact) mass is 299 g/mol. The van der Waals surface area contributed by atoms with Crippen LogP contribution >= 0.6 is 0 Å². The van der Waals surface area contributed by atoms with Crippen LogP contribution in [0.1, 0.15) is 5.69 Å². The molecule has 114 valence electrons. The number of nitriles is 1. The van der Waals surface area contributed by atoms with Crippen molar-refractivity contribution >= 4 is 11.8 Å². The van der Waals surface area contributed by atoms with Crippen molar-refractivity contribution in [1.82, 2.24) is 24.6 Å². The number of nitrogens with one attached hydrogen (secondary N) is 1. The van der Waals surface area contributed by atoms with Gasteiger partial charge in [-0.05, 0) is 6.07 Å². The molecule has 0 atom stereocenters. The molecule has 1 saturated heterocycles. The first kappa shape index (κ1) is 14.4. The van der Waals surface area contributed by atoms with Crippen LogP contribution < -0.4 is 5.32 Å². The quantitative estimate of drug-likeness (QED) is 0.865. The highest BCUT2D eigenvalue weighted by Crippen LogP contribution is 2.09. The first-order chi connectivity index (χ1) is 10.8. The first-order valence-electron chi connectivity index (χ1n) is 7.17. The van der Waals surface area contributed by atoms with Gasteiger partial charge in [-0.15, -0.1) is 0 Å². The SMILES string of the molecule is N#Cc1ccnc(Nc2ccn(CCN3CCOCC3)n2)n1. The zero-order valence-electron chi connectivity index (χ0n) is 12.1. The molecule has 3 heterocycles. The average Bonchev–Trinajstić information content (AvgIpc) is 3.01. The van der Waals surface area contributed by atoms with Crippen molar-refractivity contribution in [3.63, 3.8) is 0 Å². The first-order valence-corrected chi connectivity index (χ1v) is 7.17. The zero-order chi connectivity index (χ0) is 15.2. The molecule has 1 aliphatic rings. The molecule has 22 heavy (non-hydrogen) atoms. The van der Waals surface area contributed by atoms with E-state index < -0.39 is 0 Å². The molecule has 1 N–H and O–H groups in total. The number of aromatic nitrogens is 4. The maximum atomic E-state index is 8.82. The van der Waals surface area contributed by atoms with E-state index in [1.807, 2.05) is 23.0 Å². The van der Waals surface area contributed by atoms with Crippen molar-refractivity contribution in [3.8, 4) is 6.07 Å². The van der Waals surface area contributed by atoms with Crippen LogP contribution in [0, 0.1) is 11.3 Å². The number of anilines is 2. The Kier molecular flexibility index (Phi) is 4.58. The smallest absolute Gasteiger partial charge is 0.229 e. The second-order valence-electron chi connectivity index (χ2n) is 4.92. The minimum absolute atomic E-state index is 0.323. The lowest BCUT2D eigenvalue weighted by molar-refractivity contribution is 0.0360. The van der Waals surface area contributed by atoms with E-state index in [1.165, 1.54) is 0 Å². The highest BCUT2D eigenvalue weighted by atomic mass is 16.5. The molecule has 1 fully saturated rings. The van der Waals surface area contributed by atoms with Crippen molar-refractivity contribution in [2.75, 3.05) is 38.2 Å². The molecule has 1 aliphatic heterocycles. The Morgan fingerprint density at radius 2 is 2.14 bits per heavy atom. The second kappa shape index (κ2) is 6.98. The predicted octanol–water partition coefficient (Wildman–Crippen LogP) is 0.621. The highest BCUT2D eigenvalue weighted by molar-refractivity contribution is 5.47. The maximum Gasteiger partial charge on any atom is 0.229 e. The molecule has 0 amide bonds. The number of hydrogen-bond acceptors (Lipinski definition) is 7. The van der Waals surface area contributed by atoms with Gasteiger partial charge in [0.15, 0.2) is 5.82 Å². The van der Waals surface area contributed by atoms with Crippen molar-refractivity contribution < 1.29 is 4.74 Å². The summed E-state index contributed by atoms with van der Waals surface area (Å²) in [5.41, 5.74) is 0.323. The minimum Gasteiger partial charge on any atom is -0.379 e. The molecule has 2 aromatic heterocycles. The third kappa shape index (κ3) is 3.78. The van der Waals surface area contributed by atoms with Gasteiger partial charge >= 0.3 is 0 Å². The molecule has 8 nitrogen and oxygen atoms in total. The van der Waals surface area contributed by atoms with Crippen LogP contribution in [0.25, 0.3) is 0 Å². The normalized spacial score (nSPS) is 15.4. The topological polar surface area (TPSA) is 91.9 Å². The van der Waals surface area contributed by atoms with Crippen LogP contribution in [-0.4, -0.2) is 57.5 Å². The van der Waals surface area contributed by atoms with E-state index in [0.29, 0.717) is 17.5 Å². The molecule has 0 bridgehead atoms.